The number of aryl methyl sites for hydroxylation is 3. The summed E-state index contributed by atoms with van der Waals surface area (Å²) in [7, 11) is 0. The maximum atomic E-state index is 6.00. The van der Waals surface area contributed by atoms with Crippen LogP contribution in [0, 0.1) is 26.2 Å². The fourth-order valence-electron chi connectivity index (χ4n) is 5.14. The van der Waals surface area contributed by atoms with Crippen LogP contribution in [0.25, 0.3) is 0 Å². The lowest BCUT2D eigenvalue weighted by Crippen LogP contribution is -2.59. The first kappa shape index (κ1) is 18.6. The highest BCUT2D eigenvalue weighted by Gasteiger charge is 2.56. The first-order valence-corrected chi connectivity index (χ1v) is 10.4. The Balaban J connectivity index is 1.34. The minimum atomic E-state index is 0.199. The fraction of sp³-hybridized carbons (Fsp3) is 0.478. The van der Waals surface area contributed by atoms with Crippen LogP contribution in [-0.4, -0.2) is 46.1 Å². The molecular formula is C23H28N4O2. The van der Waals surface area contributed by atoms with Crippen molar-refractivity contribution in [3.8, 4) is 0 Å². The zero-order chi connectivity index (χ0) is 20.0. The van der Waals surface area contributed by atoms with E-state index in [2.05, 4.69) is 50.3 Å². The van der Waals surface area contributed by atoms with E-state index >= 15 is 0 Å². The number of rotatable bonds is 5. The molecule has 0 saturated carbocycles. The van der Waals surface area contributed by atoms with Crippen LogP contribution in [0.15, 0.2) is 45.5 Å². The second-order valence-electron chi connectivity index (χ2n) is 8.83. The van der Waals surface area contributed by atoms with Crippen molar-refractivity contribution in [3.05, 3.63) is 70.8 Å². The monoisotopic (exact) mass is 392 g/mol. The molecule has 1 atom stereocenters. The minimum Gasteiger partial charge on any atom is -0.446 e. The summed E-state index contributed by atoms with van der Waals surface area (Å²) in [4.78, 5) is 9.67. The highest BCUT2D eigenvalue weighted by molar-refractivity contribution is 5.24. The van der Waals surface area contributed by atoms with Crippen molar-refractivity contribution in [3.63, 3.8) is 0 Å². The minimum absolute atomic E-state index is 0.199. The van der Waals surface area contributed by atoms with Crippen molar-refractivity contribution in [2.45, 2.75) is 39.8 Å². The lowest BCUT2D eigenvalue weighted by Gasteiger charge is -2.50. The molecule has 3 aromatic rings. The van der Waals surface area contributed by atoms with E-state index in [1.165, 1.54) is 11.1 Å². The topological polar surface area (TPSA) is 58.5 Å². The van der Waals surface area contributed by atoms with Crippen molar-refractivity contribution in [1.82, 2.24) is 19.9 Å². The number of aromatic nitrogens is 2. The van der Waals surface area contributed by atoms with Gasteiger partial charge >= 0.3 is 0 Å². The molecule has 0 aliphatic carbocycles. The van der Waals surface area contributed by atoms with Crippen molar-refractivity contribution >= 4 is 0 Å². The third-order valence-electron chi connectivity index (χ3n) is 6.54. The van der Waals surface area contributed by atoms with E-state index in [1.807, 2.05) is 27.0 Å². The molecule has 1 aromatic carbocycles. The molecule has 2 saturated heterocycles. The van der Waals surface area contributed by atoms with Gasteiger partial charge in [-0.25, -0.2) is 4.98 Å². The Morgan fingerprint density at radius 3 is 2.45 bits per heavy atom. The van der Waals surface area contributed by atoms with E-state index in [1.54, 1.807) is 0 Å². The van der Waals surface area contributed by atoms with Gasteiger partial charge in [-0.2, -0.15) is 0 Å². The molecule has 2 aromatic heterocycles. The summed E-state index contributed by atoms with van der Waals surface area (Å²) in [6, 6.07) is 10.7. The Kier molecular flexibility index (Phi) is 4.56. The zero-order valence-electron chi connectivity index (χ0n) is 17.4. The highest BCUT2D eigenvalue weighted by atomic mass is 16.5. The number of oxazole rings is 1. The first-order chi connectivity index (χ1) is 14.0. The molecular weight excluding hydrogens is 364 g/mol. The number of benzene rings is 1. The first-order valence-electron chi connectivity index (χ1n) is 10.4. The van der Waals surface area contributed by atoms with Crippen LogP contribution >= 0.6 is 0 Å². The molecule has 29 heavy (non-hydrogen) atoms. The molecule has 1 spiro atoms. The van der Waals surface area contributed by atoms with E-state index in [9.17, 15) is 0 Å². The molecule has 6 heteroatoms. The quantitative estimate of drug-likeness (QED) is 0.660. The molecule has 6 nitrogen and oxygen atoms in total. The van der Waals surface area contributed by atoms with Gasteiger partial charge in [-0.05, 0) is 26.3 Å². The van der Waals surface area contributed by atoms with Crippen molar-refractivity contribution in [1.29, 1.82) is 0 Å². The van der Waals surface area contributed by atoms with Gasteiger partial charge in [-0.1, -0.05) is 35.5 Å². The summed E-state index contributed by atoms with van der Waals surface area (Å²) in [5.74, 6) is 3.06. The predicted octanol–water partition coefficient (Wildman–Crippen LogP) is 3.69. The third-order valence-corrected chi connectivity index (χ3v) is 6.54. The summed E-state index contributed by atoms with van der Waals surface area (Å²) in [5.41, 5.74) is 3.78. The molecule has 2 aliphatic heterocycles. The van der Waals surface area contributed by atoms with Crippen LogP contribution < -0.4 is 0 Å². The van der Waals surface area contributed by atoms with Crippen LogP contribution in [0.4, 0.5) is 0 Å². The van der Waals surface area contributed by atoms with Crippen LogP contribution in [0.1, 0.15) is 40.1 Å². The van der Waals surface area contributed by atoms with Gasteiger partial charge in [0.2, 0.25) is 0 Å². The van der Waals surface area contributed by atoms with Gasteiger partial charge in [0, 0.05) is 50.2 Å². The van der Waals surface area contributed by atoms with Crippen LogP contribution in [0.5, 0.6) is 0 Å². The molecule has 2 fully saturated rings. The maximum absolute atomic E-state index is 6.00. The average Bonchev–Trinajstić information content (AvgIpc) is 3.35. The standard InChI is InChI=1S/C23H28N4O2/c1-16-9-24-22(28-16)21-12-26(10-19-7-5-4-6-8-19)13-23(21)14-27(15-23)11-20-17(2)25-29-18(20)3/h4-9,21H,10-15H2,1-3H3. The summed E-state index contributed by atoms with van der Waals surface area (Å²) in [6.45, 7) is 12.0. The summed E-state index contributed by atoms with van der Waals surface area (Å²) >= 11 is 0. The predicted molar refractivity (Wildman–Crippen MR) is 109 cm³/mol. The Morgan fingerprint density at radius 2 is 1.79 bits per heavy atom. The smallest absolute Gasteiger partial charge is 0.199 e. The van der Waals surface area contributed by atoms with Crippen molar-refractivity contribution in [2.75, 3.05) is 26.2 Å². The molecule has 152 valence electrons. The lowest BCUT2D eigenvalue weighted by atomic mass is 9.71. The average molecular weight is 393 g/mol. The number of hydrogen-bond acceptors (Lipinski definition) is 6. The van der Waals surface area contributed by atoms with E-state index in [4.69, 9.17) is 8.94 Å². The van der Waals surface area contributed by atoms with Crippen molar-refractivity contribution < 1.29 is 8.94 Å². The maximum Gasteiger partial charge on any atom is 0.199 e. The third kappa shape index (κ3) is 3.40. The van der Waals surface area contributed by atoms with Gasteiger partial charge in [-0.15, -0.1) is 0 Å². The molecule has 5 rings (SSSR count). The SMILES string of the molecule is Cc1cnc(C2CN(Cc3ccccc3)CC23CN(Cc2c(C)noc2C)C3)o1. The van der Waals surface area contributed by atoms with Gasteiger partial charge in [-0.3, -0.25) is 9.80 Å². The summed E-state index contributed by atoms with van der Waals surface area (Å²) < 4.78 is 11.3. The Morgan fingerprint density at radius 1 is 1.03 bits per heavy atom. The second kappa shape index (κ2) is 7.11. The molecule has 2 aliphatic rings. The summed E-state index contributed by atoms with van der Waals surface area (Å²) in [6.07, 6.45) is 1.85. The molecule has 0 bridgehead atoms. The lowest BCUT2D eigenvalue weighted by molar-refractivity contribution is -0.0146. The molecule has 0 amide bonds. The zero-order valence-corrected chi connectivity index (χ0v) is 17.4. The Hall–Kier alpha value is -2.44. The van der Waals surface area contributed by atoms with E-state index in [0.717, 1.165) is 62.4 Å². The van der Waals surface area contributed by atoms with E-state index in [0.29, 0.717) is 5.92 Å². The molecule has 4 heterocycles. The fourth-order valence-corrected chi connectivity index (χ4v) is 5.14. The van der Waals surface area contributed by atoms with E-state index in [-0.39, 0.29) is 5.41 Å². The second-order valence-corrected chi connectivity index (χ2v) is 8.83. The van der Waals surface area contributed by atoms with Crippen LogP contribution in [0.2, 0.25) is 0 Å². The van der Waals surface area contributed by atoms with Crippen molar-refractivity contribution in [2.24, 2.45) is 5.41 Å². The normalized spacial score (nSPS) is 21.7. The highest BCUT2D eigenvalue weighted by Crippen LogP contribution is 2.49. The van der Waals surface area contributed by atoms with Gasteiger partial charge in [0.15, 0.2) is 5.89 Å². The molecule has 0 radical (unpaired) electrons. The van der Waals surface area contributed by atoms with Gasteiger partial charge in [0.05, 0.1) is 17.8 Å². The van der Waals surface area contributed by atoms with Crippen LogP contribution in [-0.2, 0) is 13.1 Å². The molecule has 1 unspecified atom stereocenters. The van der Waals surface area contributed by atoms with Gasteiger partial charge in [0.1, 0.15) is 11.5 Å². The Bertz CT molecular complexity index is 968. The molecule has 0 N–H and O–H groups in total. The summed E-state index contributed by atoms with van der Waals surface area (Å²) in [5, 5.41) is 4.11. The number of hydrogen-bond donors (Lipinski definition) is 0. The van der Waals surface area contributed by atoms with Gasteiger partial charge in [0.25, 0.3) is 0 Å². The number of nitrogens with zero attached hydrogens (tertiary/aromatic N) is 4. The van der Waals surface area contributed by atoms with Gasteiger partial charge < -0.3 is 8.94 Å². The largest absolute Gasteiger partial charge is 0.446 e. The number of likely N-dealkylation sites (tertiary alicyclic amines) is 2. The van der Waals surface area contributed by atoms with Crippen LogP contribution in [0.3, 0.4) is 0 Å². The van der Waals surface area contributed by atoms with E-state index < -0.39 is 0 Å². The Labute approximate surface area is 171 Å².